The van der Waals surface area contributed by atoms with E-state index in [0.29, 0.717) is 0 Å². The molecule has 0 heterocycles. The Kier molecular flexibility index (Phi) is 2.96. The summed E-state index contributed by atoms with van der Waals surface area (Å²) in [5, 5.41) is 17.3. The number of benzene rings is 1. The van der Waals surface area contributed by atoms with E-state index in [4.69, 9.17) is 33.2 Å². The quantitative estimate of drug-likeness (QED) is 0.530. The number of hydrogen-bond donors (Lipinski definition) is 2. The van der Waals surface area contributed by atoms with Gasteiger partial charge in [0, 0.05) is 5.46 Å². The smallest absolute Gasteiger partial charge is 0.423 e. The monoisotopic (exact) mass is 208 g/mol. The molecule has 0 radical (unpaired) electrons. The van der Waals surface area contributed by atoms with Gasteiger partial charge >= 0.3 is 7.12 Å². The highest BCUT2D eigenvalue weighted by Gasteiger charge is 2.21. The third kappa shape index (κ3) is 1.72. The summed E-state index contributed by atoms with van der Waals surface area (Å²) in [6.45, 7) is 0. The van der Waals surface area contributed by atoms with Crippen LogP contribution in [0.15, 0.2) is 12.1 Å². The average Bonchev–Trinajstić information content (AvgIpc) is 1.97. The van der Waals surface area contributed by atoms with Crippen LogP contribution in [0.25, 0.3) is 0 Å². The summed E-state index contributed by atoms with van der Waals surface area (Å²) >= 11 is 11.0. The number of hydrogen-bond acceptors (Lipinski definition) is 2. The Hall–Kier alpha value is -0.285. The first-order valence-electron chi connectivity index (χ1n) is 3.03. The number of halogens is 3. The molecule has 0 saturated heterocycles. The standard InChI is InChI=1S/C6H4BCl2FO2/c8-3-1-2-4(10)5(6(3)9)7(11)12/h1-2,11-12H. The fourth-order valence-corrected chi connectivity index (χ4v) is 1.20. The maximum Gasteiger partial charge on any atom is 0.493 e. The topological polar surface area (TPSA) is 40.5 Å². The Labute approximate surface area is 78.7 Å². The summed E-state index contributed by atoms with van der Waals surface area (Å²) in [6.07, 6.45) is 0. The average molecular weight is 209 g/mol. The molecule has 0 aromatic heterocycles. The van der Waals surface area contributed by atoms with Crippen molar-refractivity contribution < 1.29 is 14.4 Å². The Morgan fingerprint density at radius 3 is 2.25 bits per heavy atom. The predicted octanol–water partition coefficient (Wildman–Crippen LogP) is 0.812. The van der Waals surface area contributed by atoms with E-state index in [9.17, 15) is 4.39 Å². The van der Waals surface area contributed by atoms with Crippen LogP contribution >= 0.6 is 23.2 Å². The summed E-state index contributed by atoms with van der Waals surface area (Å²) in [7, 11) is -1.95. The zero-order valence-electron chi connectivity index (χ0n) is 5.76. The Morgan fingerprint density at radius 2 is 1.83 bits per heavy atom. The van der Waals surface area contributed by atoms with E-state index in [2.05, 4.69) is 0 Å². The van der Waals surface area contributed by atoms with E-state index in [0.717, 1.165) is 6.07 Å². The highest BCUT2D eigenvalue weighted by atomic mass is 35.5. The van der Waals surface area contributed by atoms with Gasteiger partial charge in [0.15, 0.2) is 0 Å². The van der Waals surface area contributed by atoms with Crippen LogP contribution in [-0.2, 0) is 0 Å². The second-order valence-electron chi connectivity index (χ2n) is 2.13. The maximum absolute atomic E-state index is 12.8. The molecule has 0 atom stereocenters. The van der Waals surface area contributed by atoms with Crippen molar-refractivity contribution in [3.05, 3.63) is 28.0 Å². The predicted molar refractivity (Wildman–Crippen MR) is 46.2 cm³/mol. The Bertz CT molecular complexity index is 306. The van der Waals surface area contributed by atoms with Gasteiger partial charge < -0.3 is 10.0 Å². The van der Waals surface area contributed by atoms with Gasteiger partial charge in [-0.25, -0.2) is 4.39 Å². The molecule has 0 aliphatic carbocycles. The van der Waals surface area contributed by atoms with Crippen molar-refractivity contribution in [2.75, 3.05) is 0 Å². The van der Waals surface area contributed by atoms with Gasteiger partial charge in [0.05, 0.1) is 10.0 Å². The van der Waals surface area contributed by atoms with Gasteiger partial charge in [0.2, 0.25) is 0 Å². The molecule has 64 valence electrons. The lowest BCUT2D eigenvalue weighted by molar-refractivity contribution is 0.423. The molecule has 0 unspecified atom stereocenters. The van der Waals surface area contributed by atoms with Gasteiger partial charge in [-0.15, -0.1) is 0 Å². The minimum atomic E-state index is -1.95. The van der Waals surface area contributed by atoms with E-state index in [1.165, 1.54) is 6.07 Å². The molecule has 0 spiro atoms. The third-order valence-electron chi connectivity index (χ3n) is 1.34. The summed E-state index contributed by atoms with van der Waals surface area (Å²) in [5.74, 6) is -0.792. The van der Waals surface area contributed by atoms with Crippen LogP contribution in [0.3, 0.4) is 0 Å². The van der Waals surface area contributed by atoms with Crippen LogP contribution in [0.2, 0.25) is 10.0 Å². The van der Waals surface area contributed by atoms with Crippen LogP contribution in [0, 0.1) is 5.82 Å². The van der Waals surface area contributed by atoms with Crippen molar-refractivity contribution in [3.63, 3.8) is 0 Å². The van der Waals surface area contributed by atoms with Crippen LogP contribution in [0.4, 0.5) is 4.39 Å². The molecule has 1 rings (SSSR count). The highest BCUT2D eigenvalue weighted by molar-refractivity contribution is 6.64. The van der Waals surface area contributed by atoms with Gasteiger partial charge in [-0.1, -0.05) is 23.2 Å². The lowest BCUT2D eigenvalue weighted by Gasteiger charge is -2.04. The molecule has 0 saturated carbocycles. The van der Waals surface area contributed by atoms with E-state index < -0.39 is 18.4 Å². The minimum Gasteiger partial charge on any atom is -0.423 e. The molecule has 2 nitrogen and oxygen atoms in total. The van der Waals surface area contributed by atoms with Crippen molar-refractivity contribution in [2.24, 2.45) is 0 Å². The molecule has 2 N–H and O–H groups in total. The summed E-state index contributed by atoms with van der Waals surface area (Å²) < 4.78 is 12.8. The molecular weight excluding hydrogens is 205 g/mol. The van der Waals surface area contributed by atoms with Gasteiger partial charge in [0.25, 0.3) is 0 Å². The third-order valence-corrected chi connectivity index (χ3v) is 2.16. The number of rotatable bonds is 1. The molecule has 1 aromatic carbocycles. The Morgan fingerprint density at radius 1 is 1.25 bits per heavy atom. The molecule has 0 fully saturated rings. The molecule has 12 heavy (non-hydrogen) atoms. The van der Waals surface area contributed by atoms with E-state index >= 15 is 0 Å². The molecule has 0 aliphatic rings. The summed E-state index contributed by atoms with van der Waals surface area (Å²) in [4.78, 5) is 0. The molecule has 0 aliphatic heterocycles. The molecule has 0 amide bonds. The van der Waals surface area contributed by atoms with Crippen molar-refractivity contribution in [3.8, 4) is 0 Å². The molecule has 1 aromatic rings. The van der Waals surface area contributed by atoms with Crippen molar-refractivity contribution in [1.29, 1.82) is 0 Å². The van der Waals surface area contributed by atoms with Crippen LogP contribution in [0.1, 0.15) is 0 Å². The van der Waals surface area contributed by atoms with Gasteiger partial charge in [-0.05, 0) is 12.1 Å². The first-order chi connectivity index (χ1) is 5.54. The first kappa shape index (κ1) is 9.80. The normalized spacial score (nSPS) is 10.1. The zero-order valence-corrected chi connectivity index (χ0v) is 7.27. The van der Waals surface area contributed by atoms with Gasteiger partial charge in [-0.3, -0.25) is 0 Å². The SMILES string of the molecule is OB(O)c1c(F)ccc(Cl)c1Cl. The second-order valence-corrected chi connectivity index (χ2v) is 2.92. The summed E-state index contributed by atoms with van der Waals surface area (Å²) in [6, 6.07) is 2.26. The minimum absolute atomic E-state index is 0.0844. The zero-order chi connectivity index (χ0) is 9.30. The van der Waals surface area contributed by atoms with Crippen LogP contribution < -0.4 is 5.46 Å². The van der Waals surface area contributed by atoms with Crippen LogP contribution in [0.5, 0.6) is 0 Å². The van der Waals surface area contributed by atoms with Crippen molar-refractivity contribution in [1.82, 2.24) is 0 Å². The Balaban J connectivity index is 3.33. The fourth-order valence-electron chi connectivity index (χ4n) is 0.779. The molecular formula is C6H4BCl2FO2. The molecule has 0 bridgehead atoms. The lowest BCUT2D eigenvalue weighted by Crippen LogP contribution is -2.33. The van der Waals surface area contributed by atoms with E-state index in [1.54, 1.807) is 0 Å². The van der Waals surface area contributed by atoms with Gasteiger partial charge in [0.1, 0.15) is 5.82 Å². The second kappa shape index (κ2) is 3.62. The fraction of sp³-hybridized carbons (Fsp3) is 0. The van der Waals surface area contributed by atoms with Crippen molar-refractivity contribution in [2.45, 2.75) is 0 Å². The van der Waals surface area contributed by atoms with Gasteiger partial charge in [-0.2, -0.15) is 0 Å². The van der Waals surface area contributed by atoms with Crippen LogP contribution in [-0.4, -0.2) is 17.2 Å². The van der Waals surface area contributed by atoms with Crippen molar-refractivity contribution >= 4 is 35.8 Å². The van der Waals surface area contributed by atoms with E-state index in [1.807, 2.05) is 0 Å². The largest absolute Gasteiger partial charge is 0.493 e. The lowest BCUT2D eigenvalue weighted by atomic mass is 9.80. The highest BCUT2D eigenvalue weighted by Crippen LogP contribution is 2.20. The first-order valence-corrected chi connectivity index (χ1v) is 3.79. The summed E-state index contributed by atoms with van der Waals surface area (Å²) in [5.41, 5.74) is -0.399. The molecule has 6 heteroatoms. The van der Waals surface area contributed by atoms with E-state index in [-0.39, 0.29) is 10.0 Å². The maximum atomic E-state index is 12.8.